The second kappa shape index (κ2) is 8.95. The summed E-state index contributed by atoms with van der Waals surface area (Å²) in [6.07, 6.45) is 3.92. The number of sulfone groups is 1. The van der Waals surface area contributed by atoms with Crippen LogP contribution in [0.2, 0.25) is 0 Å². The van der Waals surface area contributed by atoms with Gasteiger partial charge in [0.15, 0.2) is 9.84 Å². The standard InChI is InChI=1S/C20H24N2O7S2/c1-30(25,26)17-9-5-15(6-10-17)29-16-7-11-18(12-8-16)31(27,28)22-20(19(23)21-24)13-3-2-4-14-20/h5-12,22,24H,2-4,13-14H2,1H3,(H,21,23). The molecule has 0 atom stereocenters. The molecule has 3 rings (SSSR count). The molecule has 0 saturated heterocycles. The second-order valence-electron chi connectivity index (χ2n) is 7.51. The Bertz CT molecular complexity index is 1140. The van der Waals surface area contributed by atoms with Crippen molar-refractivity contribution >= 4 is 25.8 Å². The highest BCUT2D eigenvalue weighted by Crippen LogP contribution is 2.31. The van der Waals surface area contributed by atoms with Crippen molar-refractivity contribution in [3.63, 3.8) is 0 Å². The summed E-state index contributed by atoms with van der Waals surface area (Å²) in [4.78, 5) is 12.3. The van der Waals surface area contributed by atoms with Crippen LogP contribution in [0.4, 0.5) is 0 Å². The zero-order valence-corrected chi connectivity index (χ0v) is 18.5. The van der Waals surface area contributed by atoms with Crippen LogP contribution < -0.4 is 14.9 Å². The molecular formula is C20H24N2O7S2. The van der Waals surface area contributed by atoms with E-state index in [-0.39, 0.29) is 9.79 Å². The van der Waals surface area contributed by atoms with Crippen LogP contribution >= 0.6 is 0 Å². The van der Waals surface area contributed by atoms with Crippen LogP contribution in [0.15, 0.2) is 58.3 Å². The lowest BCUT2D eigenvalue weighted by atomic mass is 9.82. The van der Waals surface area contributed by atoms with E-state index in [2.05, 4.69) is 4.72 Å². The zero-order chi connectivity index (χ0) is 22.7. The number of hydrogen-bond donors (Lipinski definition) is 3. The normalized spacial score (nSPS) is 16.5. The lowest BCUT2D eigenvalue weighted by molar-refractivity contribution is -0.136. The van der Waals surface area contributed by atoms with Gasteiger partial charge < -0.3 is 4.74 Å². The van der Waals surface area contributed by atoms with Crippen molar-refractivity contribution in [2.24, 2.45) is 0 Å². The van der Waals surface area contributed by atoms with Crippen molar-refractivity contribution in [1.82, 2.24) is 10.2 Å². The summed E-state index contributed by atoms with van der Waals surface area (Å²) in [6.45, 7) is 0. The molecule has 0 unspecified atom stereocenters. The Balaban J connectivity index is 1.76. The second-order valence-corrected chi connectivity index (χ2v) is 11.2. The number of hydrogen-bond acceptors (Lipinski definition) is 7. The molecule has 0 bridgehead atoms. The van der Waals surface area contributed by atoms with Gasteiger partial charge in [-0.15, -0.1) is 0 Å². The van der Waals surface area contributed by atoms with Gasteiger partial charge in [0.2, 0.25) is 10.0 Å². The molecule has 1 fully saturated rings. The summed E-state index contributed by atoms with van der Waals surface area (Å²) in [5.41, 5.74) is 0.189. The van der Waals surface area contributed by atoms with E-state index < -0.39 is 31.3 Å². The van der Waals surface area contributed by atoms with E-state index in [1.54, 1.807) is 5.48 Å². The first kappa shape index (κ1) is 23.2. The molecule has 1 saturated carbocycles. The van der Waals surface area contributed by atoms with E-state index in [1.165, 1.54) is 48.5 Å². The highest BCUT2D eigenvalue weighted by molar-refractivity contribution is 7.90. The summed E-state index contributed by atoms with van der Waals surface area (Å²) < 4.78 is 56.8. The topological polar surface area (TPSA) is 139 Å². The fourth-order valence-corrected chi connectivity index (χ4v) is 5.59. The van der Waals surface area contributed by atoms with Gasteiger partial charge in [0, 0.05) is 6.26 Å². The number of hydroxylamine groups is 1. The van der Waals surface area contributed by atoms with Crippen molar-refractivity contribution in [3.8, 4) is 11.5 Å². The Hall–Kier alpha value is -2.47. The first-order chi connectivity index (χ1) is 14.6. The van der Waals surface area contributed by atoms with Gasteiger partial charge in [-0.1, -0.05) is 19.3 Å². The van der Waals surface area contributed by atoms with E-state index in [9.17, 15) is 21.6 Å². The molecule has 168 valence electrons. The molecule has 2 aromatic rings. The maximum absolute atomic E-state index is 12.9. The highest BCUT2D eigenvalue weighted by atomic mass is 32.2. The molecule has 31 heavy (non-hydrogen) atoms. The lowest BCUT2D eigenvalue weighted by Crippen LogP contribution is -2.59. The third-order valence-corrected chi connectivity index (χ3v) is 7.88. The fraction of sp³-hybridized carbons (Fsp3) is 0.350. The van der Waals surface area contributed by atoms with Crippen LogP contribution in [-0.2, 0) is 24.7 Å². The largest absolute Gasteiger partial charge is 0.457 e. The Kier molecular flexibility index (Phi) is 6.70. The molecule has 1 amide bonds. The Morgan fingerprint density at radius 2 is 1.35 bits per heavy atom. The highest BCUT2D eigenvalue weighted by Gasteiger charge is 2.43. The summed E-state index contributed by atoms with van der Waals surface area (Å²) in [7, 11) is -7.34. The number of amides is 1. The Morgan fingerprint density at radius 3 is 1.81 bits per heavy atom. The zero-order valence-electron chi connectivity index (χ0n) is 16.9. The van der Waals surface area contributed by atoms with Gasteiger partial charge in [0.05, 0.1) is 9.79 Å². The number of sulfonamides is 1. The first-order valence-corrected chi connectivity index (χ1v) is 13.0. The predicted molar refractivity (Wildman–Crippen MR) is 112 cm³/mol. The minimum absolute atomic E-state index is 0.0528. The van der Waals surface area contributed by atoms with Gasteiger partial charge in [-0.3, -0.25) is 10.0 Å². The maximum atomic E-state index is 12.9. The van der Waals surface area contributed by atoms with Gasteiger partial charge in [-0.2, -0.15) is 4.72 Å². The number of nitrogens with one attached hydrogen (secondary N) is 2. The van der Waals surface area contributed by atoms with Crippen molar-refractivity contribution < 1.29 is 31.6 Å². The van der Waals surface area contributed by atoms with E-state index in [1.807, 2.05) is 0 Å². The minimum atomic E-state index is -4.03. The molecule has 0 radical (unpaired) electrons. The molecule has 1 aliphatic carbocycles. The van der Waals surface area contributed by atoms with E-state index >= 15 is 0 Å². The molecule has 0 aromatic heterocycles. The van der Waals surface area contributed by atoms with Crippen LogP contribution in [0.3, 0.4) is 0 Å². The van der Waals surface area contributed by atoms with Gasteiger partial charge in [0.1, 0.15) is 17.0 Å². The predicted octanol–water partition coefficient (Wildman–Crippen LogP) is 2.37. The molecule has 0 aliphatic heterocycles. The quantitative estimate of drug-likeness (QED) is 0.419. The molecule has 1 aliphatic rings. The molecule has 0 heterocycles. The van der Waals surface area contributed by atoms with E-state index in [0.717, 1.165) is 12.7 Å². The Morgan fingerprint density at radius 1 is 0.871 bits per heavy atom. The van der Waals surface area contributed by atoms with E-state index in [4.69, 9.17) is 9.94 Å². The van der Waals surface area contributed by atoms with Gasteiger partial charge in [0.25, 0.3) is 5.91 Å². The SMILES string of the molecule is CS(=O)(=O)c1ccc(Oc2ccc(S(=O)(=O)NC3(C(=O)NO)CCCCC3)cc2)cc1. The third kappa shape index (κ3) is 5.42. The monoisotopic (exact) mass is 468 g/mol. The van der Waals surface area contributed by atoms with Crippen LogP contribution in [0.25, 0.3) is 0 Å². The van der Waals surface area contributed by atoms with Crippen molar-refractivity contribution in [3.05, 3.63) is 48.5 Å². The van der Waals surface area contributed by atoms with Crippen molar-refractivity contribution in [2.45, 2.75) is 47.4 Å². The van der Waals surface area contributed by atoms with Crippen LogP contribution in [0, 0.1) is 0 Å². The summed E-state index contributed by atoms with van der Waals surface area (Å²) in [5.74, 6) is -0.0262. The van der Waals surface area contributed by atoms with Crippen molar-refractivity contribution in [1.29, 1.82) is 0 Å². The first-order valence-electron chi connectivity index (χ1n) is 9.62. The van der Waals surface area contributed by atoms with Crippen LogP contribution in [-0.4, -0.2) is 39.7 Å². The van der Waals surface area contributed by atoms with Gasteiger partial charge in [-0.05, 0) is 61.4 Å². The molecule has 2 aromatic carbocycles. The van der Waals surface area contributed by atoms with Crippen molar-refractivity contribution in [2.75, 3.05) is 6.26 Å². The van der Waals surface area contributed by atoms with Gasteiger partial charge in [-0.25, -0.2) is 22.3 Å². The molecule has 9 nitrogen and oxygen atoms in total. The number of carbonyl (C=O) groups is 1. The number of rotatable bonds is 7. The van der Waals surface area contributed by atoms with Gasteiger partial charge >= 0.3 is 0 Å². The summed E-state index contributed by atoms with van der Waals surface area (Å²) in [6, 6.07) is 11.4. The molecule has 0 spiro atoms. The fourth-order valence-electron chi connectivity index (χ4n) is 3.53. The lowest BCUT2D eigenvalue weighted by Gasteiger charge is -2.35. The average molecular weight is 469 g/mol. The minimum Gasteiger partial charge on any atom is -0.457 e. The molecular weight excluding hydrogens is 444 g/mol. The number of benzene rings is 2. The number of ether oxygens (including phenoxy) is 1. The molecule has 3 N–H and O–H groups in total. The average Bonchev–Trinajstić information content (AvgIpc) is 2.73. The summed E-state index contributed by atoms with van der Waals surface area (Å²) in [5, 5.41) is 9.07. The van der Waals surface area contributed by atoms with Crippen LogP contribution in [0.1, 0.15) is 32.1 Å². The maximum Gasteiger partial charge on any atom is 0.264 e. The smallest absolute Gasteiger partial charge is 0.264 e. The third-order valence-electron chi connectivity index (χ3n) is 5.19. The number of carbonyl (C=O) groups excluding carboxylic acids is 1. The summed E-state index contributed by atoms with van der Waals surface area (Å²) >= 11 is 0. The van der Waals surface area contributed by atoms with E-state index in [0.29, 0.717) is 37.2 Å². The van der Waals surface area contributed by atoms with Crippen LogP contribution in [0.5, 0.6) is 11.5 Å². The molecule has 11 heteroatoms. The Labute approximate surface area is 181 Å².